The molecule has 0 radical (unpaired) electrons. The lowest BCUT2D eigenvalue weighted by molar-refractivity contribution is -0.126. The quantitative estimate of drug-likeness (QED) is 0.761. The summed E-state index contributed by atoms with van der Waals surface area (Å²) in [4.78, 5) is 22.4. The maximum absolute atomic E-state index is 11.7. The lowest BCUT2D eigenvalue weighted by Gasteiger charge is -2.18. The number of amides is 2. The summed E-state index contributed by atoms with van der Waals surface area (Å²) in [5.41, 5.74) is 11.3. The van der Waals surface area contributed by atoms with E-state index in [-0.39, 0.29) is 24.9 Å². The van der Waals surface area contributed by atoms with Gasteiger partial charge in [0, 0.05) is 5.02 Å². The summed E-state index contributed by atoms with van der Waals surface area (Å²) in [5.74, 6) is -1.04. The molecule has 0 aliphatic carbocycles. The largest absolute Gasteiger partial charge is 0.370 e. The van der Waals surface area contributed by atoms with Crippen LogP contribution in [-0.4, -0.2) is 17.9 Å². The number of rotatable bonds is 5. The number of nitrogens with two attached hydrogens (primary N) is 2. The van der Waals surface area contributed by atoms with Crippen LogP contribution in [0.15, 0.2) is 24.3 Å². The van der Waals surface area contributed by atoms with Crippen molar-refractivity contribution in [2.75, 3.05) is 0 Å². The van der Waals surface area contributed by atoms with Gasteiger partial charge in [0.1, 0.15) is 0 Å². The monoisotopic (exact) mass is 305 g/mol. The molecule has 1 aromatic carbocycles. The van der Waals surface area contributed by atoms with Crippen LogP contribution < -0.4 is 16.8 Å². The molecule has 0 bridgehead atoms. The van der Waals surface area contributed by atoms with Crippen molar-refractivity contribution in [1.82, 2.24) is 5.32 Å². The van der Waals surface area contributed by atoms with Gasteiger partial charge in [-0.05, 0) is 18.6 Å². The minimum atomic E-state index is -0.938. The van der Waals surface area contributed by atoms with Crippen LogP contribution in [0.5, 0.6) is 0 Å². The van der Waals surface area contributed by atoms with Crippen molar-refractivity contribution >= 4 is 35.8 Å². The van der Waals surface area contributed by atoms with Crippen molar-refractivity contribution in [3.05, 3.63) is 34.9 Å². The van der Waals surface area contributed by atoms with Crippen LogP contribution in [0.2, 0.25) is 5.02 Å². The number of carbonyl (C=O) groups excluding carboxylic acids is 2. The van der Waals surface area contributed by atoms with E-state index in [1.165, 1.54) is 0 Å². The number of primary amides is 1. The zero-order chi connectivity index (χ0) is 13.7. The first-order valence-corrected chi connectivity index (χ1v) is 5.88. The zero-order valence-corrected chi connectivity index (χ0v) is 12.0. The summed E-state index contributed by atoms with van der Waals surface area (Å²) in [5, 5.41) is 3.25. The van der Waals surface area contributed by atoms with E-state index in [1.54, 1.807) is 19.1 Å². The second kappa shape index (κ2) is 7.99. The molecule has 0 saturated heterocycles. The van der Waals surface area contributed by atoms with Gasteiger partial charge in [0.15, 0.2) is 0 Å². The van der Waals surface area contributed by atoms with Crippen LogP contribution in [0.25, 0.3) is 0 Å². The average molecular weight is 306 g/mol. The van der Waals surface area contributed by atoms with Gasteiger partial charge in [-0.3, -0.25) is 9.59 Å². The Bertz CT molecular complexity index is 454. The van der Waals surface area contributed by atoms with Gasteiger partial charge < -0.3 is 16.8 Å². The molecule has 0 aromatic heterocycles. The Labute approximate surface area is 123 Å². The SMILES string of the molecule is CC(NC(=O)C(N)CC(N)=O)c1ccccc1Cl.Cl. The Morgan fingerprint density at radius 1 is 1.37 bits per heavy atom. The molecule has 1 aromatic rings. The average Bonchev–Trinajstić information content (AvgIpc) is 2.28. The van der Waals surface area contributed by atoms with E-state index in [9.17, 15) is 9.59 Å². The highest BCUT2D eigenvalue weighted by atomic mass is 35.5. The van der Waals surface area contributed by atoms with E-state index in [2.05, 4.69) is 5.32 Å². The summed E-state index contributed by atoms with van der Waals surface area (Å²) >= 11 is 6.01. The highest BCUT2D eigenvalue weighted by molar-refractivity contribution is 6.31. The third kappa shape index (κ3) is 5.46. The van der Waals surface area contributed by atoms with E-state index in [0.29, 0.717) is 5.02 Å². The molecule has 2 amide bonds. The van der Waals surface area contributed by atoms with Crippen LogP contribution in [-0.2, 0) is 9.59 Å². The molecule has 0 spiro atoms. The Kier molecular flexibility index (Phi) is 7.44. The minimum absolute atomic E-state index is 0. The molecule has 2 unspecified atom stereocenters. The molecular formula is C12H17Cl2N3O2. The van der Waals surface area contributed by atoms with Crippen molar-refractivity contribution in [2.24, 2.45) is 11.5 Å². The van der Waals surface area contributed by atoms with Gasteiger partial charge in [-0.1, -0.05) is 29.8 Å². The van der Waals surface area contributed by atoms with Crippen LogP contribution in [0.1, 0.15) is 24.9 Å². The van der Waals surface area contributed by atoms with Crippen molar-refractivity contribution in [2.45, 2.75) is 25.4 Å². The van der Waals surface area contributed by atoms with Gasteiger partial charge in [0.05, 0.1) is 18.5 Å². The summed E-state index contributed by atoms with van der Waals surface area (Å²) in [6.07, 6.45) is -0.179. The minimum Gasteiger partial charge on any atom is -0.370 e. The number of hydrogen-bond acceptors (Lipinski definition) is 3. The first-order valence-electron chi connectivity index (χ1n) is 5.50. The maximum atomic E-state index is 11.7. The molecule has 7 heteroatoms. The van der Waals surface area contributed by atoms with E-state index in [4.69, 9.17) is 23.1 Å². The number of halogens is 2. The second-order valence-corrected chi connectivity index (χ2v) is 4.44. The van der Waals surface area contributed by atoms with Crippen LogP contribution in [0.3, 0.4) is 0 Å². The fourth-order valence-corrected chi connectivity index (χ4v) is 1.83. The third-order valence-electron chi connectivity index (χ3n) is 2.49. The molecule has 0 aliphatic heterocycles. The van der Waals surface area contributed by atoms with Crippen LogP contribution >= 0.6 is 24.0 Å². The van der Waals surface area contributed by atoms with Gasteiger partial charge in [-0.15, -0.1) is 12.4 Å². The maximum Gasteiger partial charge on any atom is 0.237 e. The fraction of sp³-hybridized carbons (Fsp3) is 0.333. The number of carbonyl (C=O) groups is 2. The lowest BCUT2D eigenvalue weighted by Crippen LogP contribution is -2.43. The van der Waals surface area contributed by atoms with E-state index >= 15 is 0 Å². The fourth-order valence-electron chi connectivity index (χ4n) is 1.53. The number of benzene rings is 1. The highest BCUT2D eigenvalue weighted by Gasteiger charge is 2.19. The Morgan fingerprint density at radius 2 is 1.95 bits per heavy atom. The topological polar surface area (TPSA) is 98.2 Å². The molecule has 19 heavy (non-hydrogen) atoms. The molecular weight excluding hydrogens is 289 g/mol. The smallest absolute Gasteiger partial charge is 0.237 e. The summed E-state index contributed by atoms with van der Waals surface area (Å²) in [6.45, 7) is 1.79. The Hall–Kier alpha value is -1.30. The number of hydrogen-bond donors (Lipinski definition) is 3. The van der Waals surface area contributed by atoms with Crippen LogP contribution in [0.4, 0.5) is 0 Å². The van der Waals surface area contributed by atoms with Gasteiger partial charge in [0.25, 0.3) is 0 Å². The molecule has 5 N–H and O–H groups in total. The van der Waals surface area contributed by atoms with Crippen molar-refractivity contribution < 1.29 is 9.59 Å². The van der Waals surface area contributed by atoms with Gasteiger partial charge in [-0.2, -0.15) is 0 Å². The normalized spacial score (nSPS) is 13.0. The number of nitrogens with one attached hydrogen (secondary N) is 1. The molecule has 0 heterocycles. The molecule has 106 valence electrons. The summed E-state index contributed by atoms with van der Waals surface area (Å²) < 4.78 is 0. The Balaban J connectivity index is 0.00000324. The first-order chi connectivity index (χ1) is 8.41. The molecule has 0 fully saturated rings. The molecule has 5 nitrogen and oxygen atoms in total. The van der Waals surface area contributed by atoms with Gasteiger partial charge in [-0.25, -0.2) is 0 Å². The summed E-state index contributed by atoms with van der Waals surface area (Å²) in [6, 6.07) is 5.96. The van der Waals surface area contributed by atoms with Crippen molar-refractivity contribution in [3.63, 3.8) is 0 Å². The van der Waals surface area contributed by atoms with Gasteiger partial charge in [0.2, 0.25) is 11.8 Å². The lowest BCUT2D eigenvalue weighted by atomic mass is 10.1. The van der Waals surface area contributed by atoms with E-state index in [1.807, 2.05) is 12.1 Å². The molecule has 2 atom stereocenters. The zero-order valence-electron chi connectivity index (χ0n) is 10.4. The summed E-state index contributed by atoms with van der Waals surface area (Å²) in [7, 11) is 0. The van der Waals surface area contributed by atoms with Crippen LogP contribution in [0, 0.1) is 0 Å². The Morgan fingerprint density at radius 3 is 2.47 bits per heavy atom. The standard InChI is InChI=1S/C12H16ClN3O2.ClH/c1-7(8-4-2-3-5-9(8)13)16-12(18)10(14)6-11(15)17;/h2-5,7,10H,6,14H2,1H3,(H2,15,17)(H,16,18);1H. The van der Waals surface area contributed by atoms with E-state index < -0.39 is 17.9 Å². The second-order valence-electron chi connectivity index (χ2n) is 4.03. The van der Waals surface area contributed by atoms with E-state index in [0.717, 1.165) is 5.56 Å². The highest BCUT2D eigenvalue weighted by Crippen LogP contribution is 2.22. The third-order valence-corrected chi connectivity index (χ3v) is 2.83. The molecule has 0 saturated carbocycles. The van der Waals surface area contributed by atoms with Crippen molar-refractivity contribution in [1.29, 1.82) is 0 Å². The van der Waals surface area contributed by atoms with Gasteiger partial charge >= 0.3 is 0 Å². The predicted molar refractivity (Wildman–Crippen MR) is 77.0 cm³/mol. The first kappa shape index (κ1) is 17.7. The molecule has 1 rings (SSSR count). The van der Waals surface area contributed by atoms with Crippen molar-refractivity contribution in [3.8, 4) is 0 Å². The molecule has 0 aliphatic rings. The predicted octanol–water partition coefficient (Wildman–Crippen LogP) is 1.14.